The number of unbranched alkanes of at least 4 members (excludes halogenated alkanes) is 28. The number of aliphatic hydroxyl groups excluding tert-OH is 2. The maximum absolute atomic E-state index is 13.2. The number of ether oxygens (including phenoxy) is 1. The van der Waals surface area contributed by atoms with E-state index in [0.717, 1.165) is 70.6 Å². The summed E-state index contributed by atoms with van der Waals surface area (Å²) in [5.74, 6) is -0.571. The zero-order valence-corrected chi connectivity index (χ0v) is 42.4. The molecule has 0 saturated carbocycles. The summed E-state index contributed by atoms with van der Waals surface area (Å²) in [4.78, 5) is 26.2. The highest BCUT2D eigenvalue weighted by atomic mass is 16.5. The molecule has 0 radical (unpaired) electrons. The smallest absolute Gasteiger partial charge is 0.306 e. The normalized spacial score (nSPS) is 13.6. The minimum atomic E-state index is -0.812. The van der Waals surface area contributed by atoms with Crippen LogP contribution in [0.5, 0.6) is 0 Å². The molecular weight excluding hydrogens is 791 g/mol. The number of nitrogens with one attached hydrogen (secondary N) is 1. The summed E-state index contributed by atoms with van der Waals surface area (Å²) in [6.45, 7) is 6.36. The van der Waals surface area contributed by atoms with Gasteiger partial charge in [-0.3, -0.25) is 9.59 Å². The number of hydrogen-bond acceptors (Lipinski definition) is 5. The van der Waals surface area contributed by atoms with Crippen LogP contribution in [0.15, 0.2) is 60.8 Å². The minimum absolute atomic E-state index is 0.00108. The first-order chi connectivity index (χ1) is 31.5. The second-order valence-corrected chi connectivity index (χ2v) is 18.6. The molecule has 64 heavy (non-hydrogen) atoms. The molecule has 372 valence electrons. The lowest BCUT2D eigenvalue weighted by molar-refractivity contribution is -0.150. The Morgan fingerprint density at radius 3 is 1.19 bits per heavy atom. The quantitative estimate of drug-likeness (QED) is 0.0321. The van der Waals surface area contributed by atoms with Crippen molar-refractivity contribution in [3.8, 4) is 0 Å². The summed E-state index contributed by atoms with van der Waals surface area (Å²) in [6.07, 6.45) is 64.4. The van der Waals surface area contributed by atoms with Crippen LogP contribution in [-0.4, -0.2) is 46.9 Å². The van der Waals surface area contributed by atoms with Gasteiger partial charge in [0.15, 0.2) is 0 Å². The van der Waals surface area contributed by atoms with Crippen molar-refractivity contribution in [1.82, 2.24) is 5.32 Å². The second kappa shape index (κ2) is 51.5. The van der Waals surface area contributed by atoms with Gasteiger partial charge in [-0.1, -0.05) is 268 Å². The van der Waals surface area contributed by atoms with E-state index in [9.17, 15) is 19.8 Å². The van der Waals surface area contributed by atoms with E-state index in [1.54, 1.807) is 0 Å². The van der Waals surface area contributed by atoms with Crippen LogP contribution >= 0.6 is 0 Å². The number of esters is 1. The van der Waals surface area contributed by atoms with Gasteiger partial charge in [-0.2, -0.15) is 0 Å². The largest absolute Gasteiger partial charge is 0.461 e. The molecule has 3 N–H and O–H groups in total. The van der Waals surface area contributed by atoms with Gasteiger partial charge in [-0.05, 0) is 44.9 Å². The highest BCUT2D eigenvalue weighted by Gasteiger charge is 2.23. The zero-order chi connectivity index (χ0) is 46.7. The molecule has 0 bridgehead atoms. The Bertz CT molecular complexity index is 1140. The molecule has 3 unspecified atom stereocenters. The van der Waals surface area contributed by atoms with Crippen LogP contribution < -0.4 is 5.32 Å². The van der Waals surface area contributed by atoms with Crippen molar-refractivity contribution in [3.05, 3.63) is 60.8 Å². The summed E-state index contributed by atoms with van der Waals surface area (Å²) >= 11 is 0. The predicted octanol–water partition coefficient (Wildman–Crippen LogP) is 16.8. The van der Waals surface area contributed by atoms with Crippen molar-refractivity contribution in [2.75, 3.05) is 6.61 Å². The summed E-state index contributed by atoms with van der Waals surface area (Å²) in [5.41, 5.74) is 0. The van der Waals surface area contributed by atoms with Gasteiger partial charge in [-0.25, -0.2) is 0 Å². The Morgan fingerprint density at radius 2 is 0.812 bits per heavy atom. The monoisotopic (exact) mass is 896 g/mol. The molecule has 0 heterocycles. The van der Waals surface area contributed by atoms with Crippen molar-refractivity contribution >= 4 is 11.9 Å². The van der Waals surface area contributed by atoms with Gasteiger partial charge in [0.2, 0.25) is 5.91 Å². The molecule has 6 nitrogen and oxygen atoms in total. The molecule has 6 heteroatoms. The summed E-state index contributed by atoms with van der Waals surface area (Å²) in [7, 11) is 0. The fraction of sp³-hybridized carbons (Fsp3) is 0.793. The second-order valence-electron chi connectivity index (χ2n) is 18.6. The number of carbonyl (C=O) groups excluding carboxylic acids is 2. The zero-order valence-electron chi connectivity index (χ0n) is 42.4. The third kappa shape index (κ3) is 46.1. The van der Waals surface area contributed by atoms with Crippen LogP contribution in [-0.2, 0) is 14.3 Å². The summed E-state index contributed by atoms with van der Waals surface area (Å²) in [5, 5.41) is 23.8. The molecule has 0 aliphatic rings. The maximum Gasteiger partial charge on any atom is 0.306 e. The standard InChI is InChI=1S/C58H105NO5/c1-4-7-10-13-16-19-22-25-28-31-34-37-40-43-46-49-54(64-58(63)51-48-45-42-39-36-33-30-27-24-21-18-15-12-9-6-3)52-57(62)59-55(53-60)56(61)50-47-44-41-38-35-32-29-26-23-20-17-14-11-8-5-2/h7,10,16,19,25,28,34,37,43,46,54-56,60-61H,4-6,8-9,11-15,17-18,20-24,26-27,29-33,35-36,38-42,44-45,47-53H2,1-3H3,(H,59,62)/b10-7-,19-16-,28-25-,37-34-,46-43-. The number of rotatable bonds is 49. The van der Waals surface area contributed by atoms with Crippen LogP contribution in [0.25, 0.3) is 0 Å². The molecule has 0 aliphatic carbocycles. The summed E-state index contributed by atoms with van der Waals surface area (Å²) < 4.78 is 5.88. The molecular formula is C58H105NO5. The molecule has 0 spiro atoms. The van der Waals surface area contributed by atoms with Crippen LogP contribution in [0.3, 0.4) is 0 Å². The SMILES string of the molecule is CC/C=C\C/C=C\C/C=C\C/C=C\C/C=C\CC(CC(=O)NC(CO)C(O)CCCCCCCCCCCCCCCCC)OC(=O)CCCCCCCCCCCCCCCCC. The molecule has 1 amide bonds. The molecule has 0 rings (SSSR count). The molecule has 0 aromatic heterocycles. The number of hydrogen-bond donors (Lipinski definition) is 3. The van der Waals surface area contributed by atoms with Crippen LogP contribution in [0.1, 0.15) is 271 Å². The van der Waals surface area contributed by atoms with Gasteiger partial charge in [0.25, 0.3) is 0 Å². The third-order valence-corrected chi connectivity index (χ3v) is 12.4. The number of amides is 1. The van der Waals surface area contributed by atoms with Gasteiger partial charge >= 0.3 is 5.97 Å². The molecule has 3 atom stereocenters. The van der Waals surface area contributed by atoms with Gasteiger partial charge in [0.05, 0.1) is 25.2 Å². The molecule has 0 aliphatic heterocycles. The van der Waals surface area contributed by atoms with Crippen molar-refractivity contribution in [3.63, 3.8) is 0 Å². The molecule has 0 aromatic rings. The van der Waals surface area contributed by atoms with E-state index in [2.05, 4.69) is 80.8 Å². The van der Waals surface area contributed by atoms with E-state index >= 15 is 0 Å². The van der Waals surface area contributed by atoms with E-state index in [1.165, 1.54) is 154 Å². The summed E-state index contributed by atoms with van der Waals surface area (Å²) in [6, 6.07) is -0.732. The lowest BCUT2D eigenvalue weighted by Gasteiger charge is -2.24. The first-order valence-corrected chi connectivity index (χ1v) is 27.5. The lowest BCUT2D eigenvalue weighted by atomic mass is 10.0. The first-order valence-electron chi connectivity index (χ1n) is 27.5. The van der Waals surface area contributed by atoms with Gasteiger partial charge in [0, 0.05) is 12.8 Å². The average Bonchev–Trinajstić information content (AvgIpc) is 3.29. The van der Waals surface area contributed by atoms with Crippen molar-refractivity contribution in [2.24, 2.45) is 0 Å². The van der Waals surface area contributed by atoms with Crippen LogP contribution in [0.2, 0.25) is 0 Å². The van der Waals surface area contributed by atoms with E-state index in [-0.39, 0.29) is 24.9 Å². The van der Waals surface area contributed by atoms with E-state index in [4.69, 9.17) is 4.74 Å². The van der Waals surface area contributed by atoms with Gasteiger partial charge in [0.1, 0.15) is 6.10 Å². The Labute approximate surface area is 397 Å². The first kappa shape index (κ1) is 61.6. The maximum atomic E-state index is 13.2. The van der Waals surface area contributed by atoms with Gasteiger partial charge < -0.3 is 20.3 Å². The Hall–Kier alpha value is -2.44. The highest BCUT2D eigenvalue weighted by Crippen LogP contribution is 2.17. The van der Waals surface area contributed by atoms with Crippen molar-refractivity contribution in [1.29, 1.82) is 0 Å². The molecule has 0 aromatic carbocycles. The fourth-order valence-corrected chi connectivity index (χ4v) is 8.22. The average molecular weight is 896 g/mol. The Balaban J connectivity index is 4.66. The van der Waals surface area contributed by atoms with Crippen molar-refractivity contribution in [2.45, 2.75) is 289 Å². The Kier molecular flexibility index (Phi) is 49.6. The van der Waals surface area contributed by atoms with Crippen LogP contribution in [0, 0.1) is 0 Å². The molecule has 0 fully saturated rings. The third-order valence-electron chi connectivity index (χ3n) is 12.4. The topological polar surface area (TPSA) is 95.9 Å². The van der Waals surface area contributed by atoms with E-state index in [1.807, 2.05) is 6.08 Å². The predicted molar refractivity (Wildman–Crippen MR) is 278 cm³/mol. The number of aliphatic hydroxyl groups is 2. The van der Waals surface area contributed by atoms with E-state index < -0.39 is 18.2 Å². The number of carbonyl (C=O) groups is 2. The lowest BCUT2D eigenvalue weighted by Crippen LogP contribution is -2.46. The number of allylic oxidation sites excluding steroid dienone is 9. The highest BCUT2D eigenvalue weighted by molar-refractivity contribution is 5.77. The minimum Gasteiger partial charge on any atom is -0.461 e. The van der Waals surface area contributed by atoms with Crippen molar-refractivity contribution < 1.29 is 24.5 Å². The molecule has 0 saturated heterocycles. The van der Waals surface area contributed by atoms with E-state index in [0.29, 0.717) is 19.3 Å². The van der Waals surface area contributed by atoms with Gasteiger partial charge in [-0.15, -0.1) is 0 Å². The van der Waals surface area contributed by atoms with Crippen LogP contribution in [0.4, 0.5) is 0 Å². The Morgan fingerprint density at radius 1 is 0.469 bits per heavy atom. The fourth-order valence-electron chi connectivity index (χ4n) is 8.22.